The molecule has 0 bridgehead atoms. The molecule has 0 fully saturated rings. The van der Waals surface area contributed by atoms with Crippen LogP contribution in [0.25, 0.3) is 0 Å². The number of methoxy groups -OCH3 is 1. The van der Waals surface area contributed by atoms with E-state index >= 15 is 0 Å². The Kier molecular flexibility index (Phi) is 4.66. The first kappa shape index (κ1) is 16.3. The summed E-state index contributed by atoms with van der Waals surface area (Å²) < 4.78 is 5.36. The summed E-state index contributed by atoms with van der Waals surface area (Å²) in [5.74, 6) is 0.828. The van der Waals surface area contributed by atoms with E-state index in [9.17, 15) is 4.79 Å². The first-order chi connectivity index (χ1) is 11.6. The van der Waals surface area contributed by atoms with Crippen molar-refractivity contribution in [2.24, 2.45) is 5.16 Å². The average Bonchev–Trinajstić information content (AvgIpc) is 2.57. The molecule has 1 amide bonds. The molecule has 2 heterocycles. The van der Waals surface area contributed by atoms with Crippen LogP contribution < -0.4 is 4.74 Å². The zero-order valence-corrected chi connectivity index (χ0v) is 14.1. The number of aryl methyl sites for hydroxylation is 1. The molecule has 24 heavy (non-hydrogen) atoms. The van der Waals surface area contributed by atoms with Gasteiger partial charge < -0.3 is 9.57 Å². The third-order valence-corrected chi connectivity index (χ3v) is 3.92. The van der Waals surface area contributed by atoms with Gasteiger partial charge in [0.05, 0.1) is 13.7 Å². The summed E-state index contributed by atoms with van der Waals surface area (Å²) in [6, 6.07) is 9.01. The molecule has 3 rings (SSSR count). The number of carbonyl (C=O) groups excluding carboxylic acids is 1. The number of aromatic nitrogens is 1. The smallest absolute Gasteiger partial charge is 0.269 e. The maximum atomic E-state index is 12.4. The van der Waals surface area contributed by atoms with Crippen LogP contribution in [0.2, 0.25) is 5.02 Å². The number of ether oxygens (including phenoxy) is 1. The Morgan fingerprint density at radius 2 is 2.21 bits per heavy atom. The summed E-state index contributed by atoms with van der Waals surface area (Å²) in [6.07, 6.45) is 1.65. The van der Waals surface area contributed by atoms with Crippen molar-refractivity contribution in [3.63, 3.8) is 0 Å². The Hall–Kier alpha value is -2.60. The molecule has 1 aromatic carbocycles. The molecule has 1 aliphatic heterocycles. The molecule has 6 nitrogen and oxygen atoms in total. The van der Waals surface area contributed by atoms with Crippen LogP contribution in [-0.4, -0.2) is 35.3 Å². The van der Waals surface area contributed by atoms with Crippen molar-refractivity contribution in [3.05, 3.63) is 58.4 Å². The van der Waals surface area contributed by atoms with Gasteiger partial charge in [0, 0.05) is 16.8 Å². The molecule has 2 aromatic rings. The highest BCUT2D eigenvalue weighted by molar-refractivity contribution is 6.30. The van der Waals surface area contributed by atoms with Gasteiger partial charge in [0.15, 0.2) is 6.61 Å². The maximum Gasteiger partial charge on any atom is 0.269 e. The molecule has 124 valence electrons. The van der Waals surface area contributed by atoms with Crippen LogP contribution in [0.15, 0.2) is 41.7 Å². The van der Waals surface area contributed by atoms with Crippen molar-refractivity contribution in [3.8, 4) is 5.75 Å². The molecule has 0 unspecified atom stereocenters. The predicted octanol–water partition coefficient (Wildman–Crippen LogP) is 2.77. The lowest BCUT2D eigenvalue weighted by molar-refractivity contribution is -0.134. The number of hydrogen-bond donors (Lipinski definition) is 0. The summed E-state index contributed by atoms with van der Waals surface area (Å²) >= 11 is 6.08. The lowest BCUT2D eigenvalue weighted by atomic mass is 10.1. The number of hydrogen-bond acceptors (Lipinski definition) is 5. The Morgan fingerprint density at radius 3 is 2.96 bits per heavy atom. The third kappa shape index (κ3) is 3.19. The van der Waals surface area contributed by atoms with Gasteiger partial charge >= 0.3 is 0 Å². The predicted molar refractivity (Wildman–Crippen MR) is 90.0 cm³/mol. The topological polar surface area (TPSA) is 64.0 Å². The number of nitrogens with zero attached hydrogens (tertiary/aromatic N) is 3. The largest absolute Gasteiger partial charge is 0.496 e. The van der Waals surface area contributed by atoms with Crippen LogP contribution in [0.4, 0.5) is 0 Å². The van der Waals surface area contributed by atoms with Gasteiger partial charge in [-0.2, -0.15) is 0 Å². The Labute approximate surface area is 144 Å². The van der Waals surface area contributed by atoms with Crippen LogP contribution in [-0.2, 0) is 16.2 Å². The molecule has 0 N–H and O–H groups in total. The van der Waals surface area contributed by atoms with E-state index in [2.05, 4.69) is 10.1 Å². The van der Waals surface area contributed by atoms with Crippen molar-refractivity contribution in [1.82, 2.24) is 9.88 Å². The monoisotopic (exact) mass is 345 g/mol. The van der Waals surface area contributed by atoms with E-state index in [1.54, 1.807) is 31.5 Å². The van der Waals surface area contributed by atoms with Crippen molar-refractivity contribution < 1.29 is 14.4 Å². The number of benzene rings is 1. The maximum absolute atomic E-state index is 12.4. The lowest BCUT2D eigenvalue weighted by Crippen LogP contribution is -2.43. The lowest BCUT2D eigenvalue weighted by Gasteiger charge is -2.27. The van der Waals surface area contributed by atoms with Crippen LogP contribution in [0.3, 0.4) is 0 Å². The second kappa shape index (κ2) is 6.88. The summed E-state index contributed by atoms with van der Waals surface area (Å²) in [4.78, 5) is 23.3. The van der Waals surface area contributed by atoms with Crippen molar-refractivity contribution in [1.29, 1.82) is 0 Å². The Balaban J connectivity index is 2.00. The molecule has 1 aliphatic rings. The zero-order chi connectivity index (χ0) is 17.1. The number of rotatable bonds is 4. The number of amidine groups is 1. The minimum atomic E-state index is -0.202. The summed E-state index contributed by atoms with van der Waals surface area (Å²) in [6.45, 7) is 2.06. The standard InChI is InChI=1S/C17H16ClN3O3/c1-11-4-3-7-19-16(11)17-20-24-10-15(22)21(17)9-12-8-13(18)5-6-14(12)23-2/h3-8H,9-10H2,1-2H3. The quantitative estimate of drug-likeness (QED) is 0.854. The molecule has 0 atom stereocenters. The van der Waals surface area contributed by atoms with Crippen LogP contribution in [0.1, 0.15) is 16.8 Å². The SMILES string of the molecule is COc1ccc(Cl)cc1CN1C(=O)CON=C1c1ncccc1C. The second-order valence-corrected chi connectivity index (χ2v) is 5.73. The first-order valence-corrected chi connectivity index (χ1v) is 7.72. The molecular weight excluding hydrogens is 330 g/mol. The van der Waals surface area contributed by atoms with E-state index < -0.39 is 0 Å². The highest BCUT2D eigenvalue weighted by Gasteiger charge is 2.29. The van der Waals surface area contributed by atoms with Crippen molar-refractivity contribution in [2.75, 3.05) is 13.7 Å². The number of amides is 1. The molecule has 0 radical (unpaired) electrons. The molecule has 1 aromatic heterocycles. The second-order valence-electron chi connectivity index (χ2n) is 5.29. The van der Waals surface area contributed by atoms with Gasteiger partial charge in [0.1, 0.15) is 11.4 Å². The zero-order valence-electron chi connectivity index (χ0n) is 13.3. The number of oxime groups is 1. The Morgan fingerprint density at radius 1 is 1.38 bits per heavy atom. The minimum absolute atomic E-state index is 0.113. The molecular formula is C17H16ClN3O3. The van der Waals surface area contributed by atoms with Crippen molar-refractivity contribution >= 4 is 23.3 Å². The number of carbonyl (C=O) groups is 1. The van der Waals surface area contributed by atoms with E-state index in [1.807, 2.05) is 19.1 Å². The van der Waals surface area contributed by atoms with E-state index in [4.69, 9.17) is 21.2 Å². The Bertz CT molecular complexity index is 807. The molecule has 0 saturated carbocycles. The van der Waals surface area contributed by atoms with Gasteiger partial charge in [-0.1, -0.05) is 22.8 Å². The van der Waals surface area contributed by atoms with Gasteiger partial charge in [-0.15, -0.1) is 0 Å². The van der Waals surface area contributed by atoms with Gasteiger partial charge in [-0.25, -0.2) is 0 Å². The molecule has 0 spiro atoms. The first-order valence-electron chi connectivity index (χ1n) is 7.35. The fraction of sp³-hybridized carbons (Fsp3) is 0.235. The van der Waals surface area contributed by atoms with E-state index in [-0.39, 0.29) is 19.1 Å². The van der Waals surface area contributed by atoms with Gasteiger partial charge in [-0.3, -0.25) is 14.7 Å². The third-order valence-electron chi connectivity index (χ3n) is 3.69. The highest BCUT2D eigenvalue weighted by Crippen LogP contribution is 2.25. The van der Waals surface area contributed by atoms with Crippen LogP contribution in [0, 0.1) is 6.92 Å². The van der Waals surface area contributed by atoms with Gasteiger partial charge in [-0.05, 0) is 36.8 Å². The van der Waals surface area contributed by atoms with Crippen LogP contribution >= 0.6 is 11.6 Å². The molecule has 0 saturated heterocycles. The average molecular weight is 346 g/mol. The molecule has 7 heteroatoms. The van der Waals surface area contributed by atoms with Gasteiger partial charge in [0.2, 0.25) is 5.84 Å². The highest BCUT2D eigenvalue weighted by atomic mass is 35.5. The van der Waals surface area contributed by atoms with E-state index in [0.29, 0.717) is 22.3 Å². The van der Waals surface area contributed by atoms with Crippen molar-refractivity contribution in [2.45, 2.75) is 13.5 Å². The van der Waals surface area contributed by atoms with E-state index in [1.165, 1.54) is 4.90 Å². The number of pyridine rings is 1. The minimum Gasteiger partial charge on any atom is -0.496 e. The molecule has 0 aliphatic carbocycles. The van der Waals surface area contributed by atoms with Crippen LogP contribution in [0.5, 0.6) is 5.75 Å². The fourth-order valence-electron chi connectivity index (χ4n) is 2.49. The summed E-state index contributed by atoms with van der Waals surface area (Å²) in [5, 5.41) is 4.62. The number of halogens is 1. The normalized spacial score (nSPS) is 14.2. The van der Waals surface area contributed by atoms with E-state index in [0.717, 1.165) is 11.1 Å². The fourth-order valence-corrected chi connectivity index (χ4v) is 2.68. The summed E-state index contributed by atoms with van der Waals surface area (Å²) in [5.41, 5.74) is 2.28. The van der Waals surface area contributed by atoms with Gasteiger partial charge in [0.25, 0.3) is 5.91 Å². The summed E-state index contributed by atoms with van der Waals surface area (Å²) in [7, 11) is 1.58.